The van der Waals surface area contributed by atoms with Crippen molar-refractivity contribution in [2.45, 2.75) is 6.04 Å². The number of imidazole rings is 1. The minimum absolute atomic E-state index is 0.0601. The number of carbonyl (C=O) groups excluding carboxylic acids is 2. The third-order valence-electron chi connectivity index (χ3n) is 5.87. The van der Waals surface area contributed by atoms with E-state index in [1.807, 2.05) is 18.2 Å². The first-order chi connectivity index (χ1) is 16.6. The molecule has 1 saturated heterocycles. The van der Waals surface area contributed by atoms with Crippen LogP contribution in [0.1, 0.15) is 17.2 Å². The lowest BCUT2D eigenvalue weighted by molar-refractivity contribution is -0.132. The molecule has 9 nitrogen and oxygen atoms in total. The Hall–Kier alpha value is -4.66. The molecule has 9 heteroatoms. The van der Waals surface area contributed by atoms with E-state index in [1.165, 1.54) is 4.90 Å². The number of H-pyrrole nitrogens is 1. The number of nitrogens with zero attached hydrogens (tertiary/aromatic N) is 3. The van der Waals surface area contributed by atoms with E-state index in [4.69, 9.17) is 9.47 Å². The number of nitrogens with one attached hydrogen (secondary N) is 1. The molecule has 2 aliphatic rings. The van der Waals surface area contributed by atoms with Crippen LogP contribution in [0, 0.1) is 0 Å². The van der Waals surface area contributed by atoms with Gasteiger partial charge in [0, 0.05) is 18.0 Å². The Morgan fingerprint density at radius 3 is 2.65 bits per heavy atom. The molecule has 1 unspecified atom stereocenters. The summed E-state index contributed by atoms with van der Waals surface area (Å²) in [5.74, 6) is -0.719. The van der Waals surface area contributed by atoms with Crippen molar-refractivity contribution in [3.05, 3.63) is 83.7 Å². The van der Waals surface area contributed by atoms with E-state index < -0.39 is 17.7 Å². The lowest BCUT2D eigenvalue weighted by atomic mass is 9.96. The number of ether oxygens (including phenoxy) is 2. The molecule has 2 aromatic heterocycles. The van der Waals surface area contributed by atoms with E-state index in [0.29, 0.717) is 41.4 Å². The maximum absolute atomic E-state index is 13.3. The van der Waals surface area contributed by atoms with Crippen molar-refractivity contribution in [3.63, 3.8) is 0 Å². The normalized spacial score (nSPS) is 19.1. The minimum atomic E-state index is -0.928. The van der Waals surface area contributed by atoms with Crippen molar-refractivity contribution in [1.29, 1.82) is 0 Å². The highest BCUT2D eigenvalue weighted by Crippen LogP contribution is 2.42. The smallest absolute Gasteiger partial charge is 0.302 e. The number of para-hydroxylation sites is 2. The minimum Gasteiger partial charge on any atom is -0.507 e. The Kier molecular flexibility index (Phi) is 4.54. The molecule has 2 aromatic carbocycles. The maximum Gasteiger partial charge on any atom is 0.302 e. The maximum atomic E-state index is 13.3. The molecule has 168 valence electrons. The fraction of sp³-hybridized carbons (Fsp3) is 0.120. The predicted molar refractivity (Wildman–Crippen MR) is 123 cm³/mol. The molecule has 0 spiro atoms. The zero-order valence-electron chi connectivity index (χ0n) is 17.8. The van der Waals surface area contributed by atoms with Crippen LogP contribution in [0.5, 0.6) is 11.5 Å². The van der Waals surface area contributed by atoms with E-state index in [0.717, 1.165) is 5.52 Å². The summed E-state index contributed by atoms with van der Waals surface area (Å²) in [5.41, 5.74) is 2.20. The van der Waals surface area contributed by atoms with Gasteiger partial charge in [0.25, 0.3) is 5.78 Å². The van der Waals surface area contributed by atoms with Crippen molar-refractivity contribution in [3.8, 4) is 11.5 Å². The van der Waals surface area contributed by atoms with Crippen LogP contribution in [0.2, 0.25) is 0 Å². The van der Waals surface area contributed by atoms with Crippen LogP contribution in [-0.4, -0.2) is 45.0 Å². The molecular weight excluding hydrogens is 436 g/mol. The molecule has 2 N–H and O–H groups in total. The van der Waals surface area contributed by atoms with Crippen LogP contribution in [0.25, 0.3) is 16.8 Å². The van der Waals surface area contributed by atoms with Gasteiger partial charge in [0.1, 0.15) is 19.0 Å². The zero-order valence-corrected chi connectivity index (χ0v) is 17.8. The monoisotopic (exact) mass is 454 g/mol. The van der Waals surface area contributed by atoms with Gasteiger partial charge in [-0.25, -0.2) is 4.98 Å². The van der Waals surface area contributed by atoms with Crippen molar-refractivity contribution in [1.82, 2.24) is 15.0 Å². The highest BCUT2D eigenvalue weighted by molar-refractivity contribution is 6.51. The van der Waals surface area contributed by atoms with Gasteiger partial charge < -0.3 is 19.6 Å². The molecule has 1 amide bonds. The first kappa shape index (κ1) is 20.0. The van der Waals surface area contributed by atoms with Gasteiger partial charge >= 0.3 is 5.91 Å². The number of hydrogen-bond acceptors (Lipinski definition) is 7. The van der Waals surface area contributed by atoms with E-state index in [1.54, 1.807) is 48.8 Å². The van der Waals surface area contributed by atoms with Crippen LogP contribution in [-0.2, 0) is 9.59 Å². The second kappa shape index (κ2) is 7.73. The Morgan fingerprint density at radius 1 is 1.03 bits per heavy atom. The fourth-order valence-electron chi connectivity index (χ4n) is 4.30. The first-order valence-corrected chi connectivity index (χ1v) is 10.7. The summed E-state index contributed by atoms with van der Waals surface area (Å²) in [6, 6.07) is 14.7. The predicted octanol–water partition coefficient (Wildman–Crippen LogP) is 3.36. The number of ketones is 1. The summed E-state index contributed by atoms with van der Waals surface area (Å²) in [4.78, 5) is 39.6. The molecule has 4 heterocycles. The van der Waals surface area contributed by atoms with Gasteiger partial charge in [0.15, 0.2) is 11.5 Å². The average molecular weight is 454 g/mol. The van der Waals surface area contributed by atoms with Gasteiger partial charge in [-0.3, -0.25) is 19.5 Å². The van der Waals surface area contributed by atoms with Gasteiger partial charge in [0.2, 0.25) is 5.95 Å². The summed E-state index contributed by atoms with van der Waals surface area (Å²) in [6.45, 7) is 0.811. The van der Waals surface area contributed by atoms with Crippen LogP contribution in [0.4, 0.5) is 5.95 Å². The van der Waals surface area contributed by atoms with Crippen LogP contribution >= 0.6 is 0 Å². The summed E-state index contributed by atoms with van der Waals surface area (Å²) in [5, 5.41) is 11.3. The molecular formula is C25H18N4O5. The number of benzene rings is 2. The van der Waals surface area contributed by atoms with E-state index in [9.17, 15) is 14.7 Å². The zero-order chi connectivity index (χ0) is 23.2. The lowest BCUT2D eigenvalue weighted by Crippen LogP contribution is -2.30. The number of aliphatic hydroxyl groups excluding tert-OH is 1. The number of amides is 1. The lowest BCUT2D eigenvalue weighted by Gasteiger charge is -2.23. The number of hydrogen-bond donors (Lipinski definition) is 2. The van der Waals surface area contributed by atoms with Crippen LogP contribution < -0.4 is 14.4 Å². The highest BCUT2D eigenvalue weighted by atomic mass is 16.6. The topological polar surface area (TPSA) is 118 Å². The highest BCUT2D eigenvalue weighted by Gasteiger charge is 2.48. The third kappa shape index (κ3) is 3.09. The Morgan fingerprint density at radius 2 is 1.85 bits per heavy atom. The quantitative estimate of drug-likeness (QED) is 0.277. The number of Topliss-reactive ketones (excluding diaryl/α,β-unsaturated/α-hetero) is 1. The number of pyridine rings is 1. The van der Waals surface area contributed by atoms with Crippen molar-refractivity contribution in [2.75, 3.05) is 18.1 Å². The summed E-state index contributed by atoms with van der Waals surface area (Å²) in [6.07, 6.45) is 3.15. The molecule has 0 aliphatic carbocycles. The molecule has 6 rings (SSSR count). The van der Waals surface area contributed by atoms with Crippen LogP contribution in [0.3, 0.4) is 0 Å². The van der Waals surface area contributed by atoms with Gasteiger partial charge in [-0.2, -0.15) is 0 Å². The van der Waals surface area contributed by atoms with E-state index in [2.05, 4.69) is 15.0 Å². The fourth-order valence-corrected chi connectivity index (χ4v) is 4.30. The third-order valence-corrected chi connectivity index (χ3v) is 5.87. The number of rotatable bonds is 3. The Bertz CT molecular complexity index is 1440. The molecule has 0 saturated carbocycles. The number of aromatic nitrogens is 3. The first-order valence-electron chi connectivity index (χ1n) is 10.7. The summed E-state index contributed by atoms with van der Waals surface area (Å²) >= 11 is 0. The van der Waals surface area contributed by atoms with Crippen molar-refractivity contribution < 1.29 is 24.2 Å². The molecule has 34 heavy (non-hydrogen) atoms. The molecule has 0 radical (unpaired) electrons. The van der Waals surface area contributed by atoms with Gasteiger partial charge in [-0.1, -0.05) is 18.2 Å². The SMILES string of the molecule is O=C1C(=O)N(c2nc3ccccc3[nH]2)C(c2cccnc2)/C1=C(\O)c1ccc2c(c1)OCCO2. The second-order valence-corrected chi connectivity index (χ2v) is 7.89. The summed E-state index contributed by atoms with van der Waals surface area (Å²) in [7, 11) is 0. The number of anilines is 1. The second-order valence-electron chi connectivity index (χ2n) is 7.89. The molecule has 4 aromatic rings. The van der Waals surface area contributed by atoms with Gasteiger partial charge in [0.05, 0.1) is 22.6 Å². The van der Waals surface area contributed by atoms with Gasteiger partial charge in [-0.15, -0.1) is 0 Å². The Labute approximate surface area is 193 Å². The van der Waals surface area contributed by atoms with E-state index >= 15 is 0 Å². The van der Waals surface area contributed by atoms with E-state index in [-0.39, 0.29) is 17.3 Å². The van der Waals surface area contributed by atoms with Crippen molar-refractivity contribution in [2.24, 2.45) is 0 Å². The number of aromatic amines is 1. The number of aliphatic hydroxyl groups is 1. The van der Waals surface area contributed by atoms with Gasteiger partial charge in [-0.05, 0) is 42.0 Å². The molecule has 0 bridgehead atoms. The van der Waals surface area contributed by atoms with Crippen molar-refractivity contribution >= 4 is 34.4 Å². The summed E-state index contributed by atoms with van der Waals surface area (Å²) < 4.78 is 11.2. The average Bonchev–Trinajstić information content (AvgIpc) is 3.42. The number of carbonyl (C=O) groups is 2. The molecule has 1 fully saturated rings. The molecule has 1 atom stereocenters. The number of fused-ring (bicyclic) bond motifs is 2. The Balaban J connectivity index is 1.53. The standard InChI is InChI=1S/C25H18N4O5/c30-22(14-7-8-18-19(12-14)34-11-10-33-18)20-21(15-4-3-9-26-13-15)29(24(32)23(20)31)25-27-16-5-1-2-6-17(16)28-25/h1-9,12-13,21,30H,10-11H2,(H,27,28)/b22-20+. The molecule has 2 aliphatic heterocycles. The largest absolute Gasteiger partial charge is 0.507 e. The van der Waals surface area contributed by atoms with Crippen LogP contribution in [0.15, 0.2) is 72.6 Å².